The van der Waals surface area contributed by atoms with E-state index in [4.69, 9.17) is 22.5 Å². The van der Waals surface area contributed by atoms with E-state index >= 15 is 0 Å². The number of rotatable bonds is 6. The van der Waals surface area contributed by atoms with Crippen molar-refractivity contribution in [3.05, 3.63) is 28.8 Å². The molecule has 2 saturated carbocycles. The summed E-state index contributed by atoms with van der Waals surface area (Å²) in [6, 6.07) is 5.64. The third kappa shape index (κ3) is 3.18. The largest absolute Gasteiger partial charge is 0.409 e. The normalized spacial score (nSPS) is 19.1. The lowest BCUT2D eigenvalue weighted by atomic mass is 10.1. The highest BCUT2D eigenvalue weighted by Crippen LogP contribution is 2.37. The number of halogens is 1. The molecular weight excluding hydrogens is 274 g/mol. The van der Waals surface area contributed by atoms with Crippen molar-refractivity contribution in [2.45, 2.75) is 25.7 Å². The van der Waals surface area contributed by atoms with E-state index in [9.17, 15) is 0 Å². The Labute approximate surface area is 124 Å². The summed E-state index contributed by atoms with van der Waals surface area (Å²) in [4.78, 5) is 2.39. The lowest BCUT2D eigenvalue weighted by Gasteiger charge is -2.27. The molecule has 4 nitrogen and oxygen atoms in total. The van der Waals surface area contributed by atoms with E-state index in [-0.39, 0.29) is 5.84 Å². The number of anilines is 1. The predicted molar refractivity (Wildman–Crippen MR) is 81.6 cm³/mol. The first kappa shape index (κ1) is 13.6. The molecule has 0 bridgehead atoms. The summed E-state index contributed by atoms with van der Waals surface area (Å²) >= 11 is 6.05. The second-order valence-corrected chi connectivity index (χ2v) is 6.37. The quantitative estimate of drug-likeness (QED) is 0.367. The van der Waals surface area contributed by atoms with Gasteiger partial charge in [-0.1, -0.05) is 16.8 Å². The molecule has 0 spiro atoms. The Kier molecular flexibility index (Phi) is 3.74. The highest BCUT2D eigenvalue weighted by molar-refractivity contribution is 6.31. The van der Waals surface area contributed by atoms with E-state index in [1.165, 1.54) is 25.7 Å². The smallest absolute Gasteiger partial charge is 0.172 e. The molecule has 2 aliphatic rings. The van der Waals surface area contributed by atoms with Crippen molar-refractivity contribution < 1.29 is 5.21 Å². The summed E-state index contributed by atoms with van der Waals surface area (Å²) in [7, 11) is 0. The first-order chi connectivity index (χ1) is 9.67. The minimum absolute atomic E-state index is 0.124. The van der Waals surface area contributed by atoms with Crippen molar-refractivity contribution in [2.24, 2.45) is 22.7 Å². The number of benzene rings is 1. The first-order valence-corrected chi connectivity index (χ1v) is 7.57. The van der Waals surface area contributed by atoms with E-state index in [1.807, 2.05) is 12.1 Å². The molecule has 0 aliphatic heterocycles. The number of oxime groups is 1. The molecule has 0 heterocycles. The highest BCUT2D eigenvalue weighted by atomic mass is 35.5. The Morgan fingerprint density at radius 1 is 1.25 bits per heavy atom. The zero-order valence-electron chi connectivity index (χ0n) is 11.4. The number of hydrogen-bond acceptors (Lipinski definition) is 3. The van der Waals surface area contributed by atoms with Crippen LogP contribution in [-0.4, -0.2) is 24.1 Å². The van der Waals surface area contributed by atoms with Crippen LogP contribution in [0.15, 0.2) is 23.4 Å². The first-order valence-electron chi connectivity index (χ1n) is 7.19. The number of nitrogens with two attached hydrogens (primary N) is 1. The van der Waals surface area contributed by atoms with Crippen LogP contribution in [-0.2, 0) is 0 Å². The molecule has 0 aromatic heterocycles. The molecule has 0 amide bonds. The van der Waals surface area contributed by atoms with Crippen LogP contribution in [0.4, 0.5) is 5.69 Å². The third-order valence-electron chi connectivity index (χ3n) is 4.03. The van der Waals surface area contributed by atoms with Crippen LogP contribution in [0, 0.1) is 11.8 Å². The lowest BCUT2D eigenvalue weighted by molar-refractivity contribution is 0.318. The van der Waals surface area contributed by atoms with Gasteiger partial charge in [0.2, 0.25) is 0 Å². The Hall–Kier alpha value is -1.42. The van der Waals surface area contributed by atoms with Gasteiger partial charge in [0.15, 0.2) is 5.84 Å². The molecule has 3 rings (SSSR count). The number of hydrogen-bond donors (Lipinski definition) is 2. The molecule has 3 N–H and O–H groups in total. The SMILES string of the molecule is NC(=NO)c1cc(Cl)ccc1N(CC1CC1)CC1CC1. The van der Waals surface area contributed by atoms with Gasteiger partial charge in [0.25, 0.3) is 0 Å². The molecule has 1 aromatic rings. The van der Waals surface area contributed by atoms with Crippen molar-refractivity contribution in [2.75, 3.05) is 18.0 Å². The summed E-state index contributed by atoms with van der Waals surface area (Å²) in [5.74, 6) is 1.72. The Morgan fingerprint density at radius 3 is 2.35 bits per heavy atom. The van der Waals surface area contributed by atoms with Gasteiger partial charge in [-0.15, -0.1) is 0 Å². The second kappa shape index (κ2) is 5.52. The molecule has 0 radical (unpaired) electrons. The van der Waals surface area contributed by atoms with Gasteiger partial charge in [0, 0.05) is 29.4 Å². The predicted octanol–water partition coefficient (Wildman–Crippen LogP) is 3.06. The van der Waals surface area contributed by atoms with Crippen molar-refractivity contribution in [1.82, 2.24) is 0 Å². The Morgan fingerprint density at radius 2 is 1.85 bits per heavy atom. The summed E-state index contributed by atoms with van der Waals surface area (Å²) in [6.45, 7) is 2.12. The van der Waals surface area contributed by atoms with E-state index in [2.05, 4.69) is 10.1 Å². The maximum atomic E-state index is 8.98. The molecular formula is C15H20ClN3O. The summed E-state index contributed by atoms with van der Waals surface area (Å²) in [6.07, 6.45) is 5.25. The van der Waals surface area contributed by atoms with Gasteiger partial charge in [-0.25, -0.2) is 0 Å². The lowest BCUT2D eigenvalue weighted by Crippen LogP contribution is -2.30. The number of nitrogens with zero attached hydrogens (tertiary/aromatic N) is 2. The molecule has 0 unspecified atom stereocenters. The maximum absolute atomic E-state index is 8.98. The average molecular weight is 294 g/mol. The van der Waals surface area contributed by atoms with Gasteiger partial charge in [-0.3, -0.25) is 0 Å². The highest BCUT2D eigenvalue weighted by Gasteiger charge is 2.30. The zero-order chi connectivity index (χ0) is 14.1. The Balaban J connectivity index is 1.90. The van der Waals surface area contributed by atoms with Crippen LogP contribution < -0.4 is 10.6 Å². The molecule has 20 heavy (non-hydrogen) atoms. The van der Waals surface area contributed by atoms with Gasteiger partial charge in [0.1, 0.15) is 0 Å². The van der Waals surface area contributed by atoms with Crippen molar-refractivity contribution in [1.29, 1.82) is 0 Å². The van der Waals surface area contributed by atoms with Crippen LogP contribution in [0.2, 0.25) is 5.02 Å². The molecule has 0 atom stereocenters. The molecule has 5 heteroatoms. The van der Waals surface area contributed by atoms with Crippen LogP contribution in [0.5, 0.6) is 0 Å². The van der Waals surface area contributed by atoms with Crippen LogP contribution in [0.3, 0.4) is 0 Å². The van der Waals surface area contributed by atoms with Crippen LogP contribution >= 0.6 is 11.6 Å². The fraction of sp³-hybridized carbons (Fsp3) is 0.533. The molecule has 0 saturated heterocycles. The maximum Gasteiger partial charge on any atom is 0.172 e. The van der Waals surface area contributed by atoms with Gasteiger partial charge in [-0.2, -0.15) is 0 Å². The van der Waals surface area contributed by atoms with E-state index in [0.29, 0.717) is 5.02 Å². The van der Waals surface area contributed by atoms with E-state index in [0.717, 1.165) is 36.2 Å². The fourth-order valence-corrected chi connectivity index (χ4v) is 2.71. The van der Waals surface area contributed by atoms with Gasteiger partial charge in [-0.05, 0) is 55.7 Å². The monoisotopic (exact) mass is 293 g/mol. The standard InChI is InChI=1S/C15H20ClN3O/c16-12-5-6-14(13(7-12)15(17)18-20)19(8-10-1-2-10)9-11-3-4-11/h5-7,10-11,20H,1-4,8-9H2,(H2,17,18). The molecule has 2 aliphatic carbocycles. The van der Waals surface area contributed by atoms with Gasteiger partial charge < -0.3 is 15.8 Å². The fourth-order valence-electron chi connectivity index (χ4n) is 2.54. The van der Waals surface area contributed by atoms with Crippen molar-refractivity contribution >= 4 is 23.1 Å². The average Bonchev–Trinajstić information content (AvgIpc) is 3.32. The molecule has 108 valence electrons. The summed E-state index contributed by atoms with van der Waals surface area (Å²) < 4.78 is 0. The zero-order valence-corrected chi connectivity index (χ0v) is 12.2. The van der Waals surface area contributed by atoms with Gasteiger partial charge in [0.05, 0.1) is 0 Å². The topological polar surface area (TPSA) is 61.9 Å². The van der Waals surface area contributed by atoms with Crippen LogP contribution in [0.1, 0.15) is 31.2 Å². The second-order valence-electron chi connectivity index (χ2n) is 5.94. The minimum Gasteiger partial charge on any atom is -0.409 e. The Bertz CT molecular complexity index is 510. The van der Waals surface area contributed by atoms with Crippen molar-refractivity contribution in [3.8, 4) is 0 Å². The van der Waals surface area contributed by atoms with Gasteiger partial charge >= 0.3 is 0 Å². The van der Waals surface area contributed by atoms with Crippen LogP contribution in [0.25, 0.3) is 0 Å². The van der Waals surface area contributed by atoms with Crippen molar-refractivity contribution in [3.63, 3.8) is 0 Å². The van der Waals surface area contributed by atoms with E-state index < -0.39 is 0 Å². The summed E-state index contributed by atoms with van der Waals surface area (Å²) in [5.41, 5.74) is 7.56. The summed E-state index contributed by atoms with van der Waals surface area (Å²) in [5, 5.41) is 12.7. The minimum atomic E-state index is 0.124. The molecule has 1 aromatic carbocycles. The number of amidine groups is 1. The molecule has 2 fully saturated rings. The third-order valence-corrected chi connectivity index (χ3v) is 4.27. The van der Waals surface area contributed by atoms with E-state index in [1.54, 1.807) is 6.07 Å².